The van der Waals surface area contributed by atoms with Crippen molar-refractivity contribution in [3.8, 4) is 6.07 Å². The maximum Gasteiger partial charge on any atom is 0.133 e. The van der Waals surface area contributed by atoms with Crippen LogP contribution in [0.3, 0.4) is 0 Å². The summed E-state index contributed by atoms with van der Waals surface area (Å²) in [6, 6.07) is 8.30. The Hall–Kier alpha value is -1.59. The summed E-state index contributed by atoms with van der Waals surface area (Å²) in [5.74, 6) is 0. The van der Waals surface area contributed by atoms with Gasteiger partial charge in [-0.1, -0.05) is 23.7 Å². The van der Waals surface area contributed by atoms with Gasteiger partial charge in [0.1, 0.15) is 5.15 Å². The van der Waals surface area contributed by atoms with Gasteiger partial charge < -0.3 is 0 Å². The van der Waals surface area contributed by atoms with E-state index in [0.29, 0.717) is 18.0 Å². The number of nitriles is 1. The standard InChI is InChI=1S/C14H13ClN2/c1-9-5-6-11-8-12(4-3-7-16)14(15)17-13(11)10(9)2/h5-6,8H,3-4H2,1-2H3. The van der Waals surface area contributed by atoms with Crippen LogP contribution in [0, 0.1) is 25.2 Å². The zero-order valence-corrected chi connectivity index (χ0v) is 10.7. The first kappa shape index (κ1) is 11.9. The Labute approximate surface area is 106 Å². The van der Waals surface area contributed by atoms with Crippen molar-refractivity contribution in [1.82, 2.24) is 4.98 Å². The van der Waals surface area contributed by atoms with Crippen molar-refractivity contribution < 1.29 is 0 Å². The minimum absolute atomic E-state index is 0.470. The molecule has 1 heterocycles. The van der Waals surface area contributed by atoms with Crippen LogP contribution in [0.15, 0.2) is 18.2 Å². The fourth-order valence-corrected chi connectivity index (χ4v) is 2.10. The third-order valence-corrected chi connectivity index (χ3v) is 3.37. The van der Waals surface area contributed by atoms with Gasteiger partial charge >= 0.3 is 0 Å². The molecule has 17 heavy (non-hydrogen) atoms. The molecular weight excluding hydrogens is 232 g/mol. The van der Waals surface area contributed by atoms with E-state index in [1.807, 2.05) is 6.07 Å². The highest BCUT2D eigenvalue weighted by atomic mass is 35.5. The molecule has 0 radical (unpaired) electrons. The Kier molecular flexibility index (Phi) is 3.31. The zero-order chi connectivity index (χ0) is 12.4. The van der Waals surface area contributed by atoms with Crippen LogP contribution in [0.1, 0.15) is 23.1 Å². The molecule has 0 spiro atoms. The third-order valence-electron chi connectivity index (χ3n) is 3.04. The van der Waals surface area contributed by atoms with Gasteiger partial charge in [0.05, 0.1) is 11.6 Å². The van der Waals surface area contributed by atoms with Gasteiger partial charge in [-0.2, -0.15) is 5.26 Å². The summed E-state index contributed by atoms with van der Waals surface area (Å²) in [4.78, 5) is 4.44. The number of hydrogen-bond donors (Lipinski definition) is 0. The lowest BCUT2D eigenvalue weighted by Gasteiger charge is -2.08. The molecule has 0 aliphatic rings. The SMILES string of the molecule is Cc1ccc2cc(CCC#N)c(Cl)nc2c1C. The van der Waals surface area contributed by atoms with Crippen LogP contribution < -0.4 is 0 Å². The maximum absolute atomic E-state index is 8.60. The molecule has 1 aromatic carbocycles. The van der Waals surface area contributed by atoms with E-state index in [-0.39, 0.29) is 0 Å². The second-order valence-electron chi connectivity index (χ2n) is 4.18. The smallest absolute Gasteiger partial charge is 0.133 e. The van der Waals surface area contributed by atoms with Crippen LogP contribution in [0.4, 0.5) is 0 Å². The van der Waals surface area contributed by atoms with Crippen LogP contribution >= 0.6 is 11.6 Å². The van der Waals surface area contributed by atoms with Crippen LogP contribution in [0.2, 0.25) is 5.15 Å². The predicted molar refractivity (Wildman–Crippen MR) is 70.2 cm³/mol. The van der Waals surface area contributed by atoms with E-state index in [0.717, 1.165) is 22.0 Å². The summed E-state index contributed by atoms with van der Waals surface area (Å²) in [7, 11) is 0. The Morgan fingerprint density at radius 2 is 2.12 bits per heavy atom. The second kappa shape index (κ2) is 4.73. The molecule has 3 heteroatoms. The van der Waals surface area contributed by atoms with Crippen molar-refractivity contribution in [2.75, 3.05) is 0 Å². The average molecular weight is 245 g/mol. The lowest BCUT2D eigenvalue weighted by molar-refractivity contribution is 1.00. The van der Waals surface area contributed by atoms with Gasteiger partial charge in [-0.15, -0.1) is 0 Å². The molecule has 0 fully saturated rings. The number of aryl methyl sites for hydroxylation is 3. The second-order valence-corrected chi connectivity index (χ2v) is 4.53. The molecule has 0 saturated heterocycles. The Morgan fingerprint density at radius 3 is 2.82 bits per heavy atom. The van der Waals surface area contributed by atoms with Gasteiger partial charge in [0.2, 0.25) is 0 Å². The first-order valence-electron chi connectivity index (χ1n) is 5.55. The summed E-state index contributed by atoms with van der Waals surface area (Å²) >= 11 is 6.14. The fourth-order valence-electron chi connectivity index (χ4n) is 1.87. The topological polar surface area (TPSA) is 36.7 Å². The molecule has 0 amide bonds. The number of benzene rings is 1. The fraction of sp³-hybridized carbons (Fsp3) is 0.286. The number of fused-ring (bicyclic) bond motifs is 1. The highest BCUT2D eigenvalue weighted by molar-refractivity contribution is 6.30. The third kappa shape index (κ3) is 2.25. The first-order valence-corrected chi connectivity index (χ1v) is 5.93. The molecule has 0 atom stereocenters. The molecule has 0 saturated carbocycles. The highest BCUT2D eigenvalue weighted by Crippen LogP contribution is 2.25. The molecule has 1 aromatic heterocycles. The first-order chi connectivity index (χ1) is 8.13. The lowest BCUT2D eigenvalue weighted by atomic mass is 10.0. The number of aromatic nitrogens is 1. The summed E-state index contributed by atoms with van der Waals surface area (Å²) in [5, 5.41) is 10.2. The van der Waals surface area contributed by atoms with Crippen LogP contribution in [-0.4, -0.2) is 4.98 Å². The van der Waals surface area contributed by atoms with E-state index in [1.54, 1.807) is 0 Å². The molecule has 0 bridgehead atoms. The quantitative estimate of drug-likeness (QED) is 0.750. The van der Waals surface area contributed by atoms with E-state index in [1.165, 1.54) is 5.56 Å². The van der Waals surface area contributed by atoms with E-state index in [4.69, 9.17) is 16.9 Å². The molecule has 0 aliphatic carbocycles. The molecule has 0 N–H and O–H groups in total. The van der Waals surface area contributed by atoms with Crippen molar-refractivity contribution in [1.29, 1.82) is 5.26 Å². The number of hydrogen-bond acceptors (Lipinski definition) is 2. The lowest BCUT2D eigenvalue weighted by Crippen LogP contribution is -1.93. The Bertz CT molecular complexity index is 612. The zero-order valence-electron chi connectivity index (χ0n) is 9.92. The summed E-state index contributed by atoms with van der Waals surface area (Å²) in [6.45, 7) is 4.11. The number of pyridine rings is 1. The van der Waals surface area contributed by atoms with Gasteiger partial charge in [0.25, 0.3) is 0 Å². The average Bonchev–Trinajstić information content (AvgIpc) is 2.32. The maximum atomic E-state index is 8.60. The van der Waals surface area contributed by atoms with Crippen molar-refractivity contribution in [3.63, 3.8) is 0 Å². The molecule has 0 unspecified atom stereocenters. The van der Waals surface area contributed by atoms with Crippen LogP contribution in [-0.2, 0) is 6.42 Å². The van der Waals surface area contributed by atoms with Gasteiger partial charge in [-0.3, -0.25) is 0 Å². The van der Waals surface area contributed by atoms with E-state index in [2.05, 4.69) is 37.0 Å². The molecule has 2 nitrogen and oxygen atoms in total. The molecule has 2 rings (SSSR count). The molecular formula is C14H13ClN2. The molecule has 2 aromatic rings. The van der Waals surface area contributed by atoms with Crippen LogP contribution in [0.25, 0.3) is 10.9 Å². The van der Waals surface area contributed by atoms with E-state index in [9.17, 15) is 0 Å². The van der Waals surface area contributed by atoms with Gasteiger partial charge in [0.15, 0.2) is 0 Å². The minimum Gasteiger partial charge on any atom is -0.236 e. The van der Waals surface area contributed by atoms with E-state index < -0.39 is 0 Å². The van der Waals surface area contributed by atoms with Crippen molar-refractivity contribution in [2.24, 2.45) is 0 Å². The van der Waals surface area contributed by atoms with Crippen molar-refractivity contribution in [2.45, 2.75) is 26.7 Å². The minimum atomic E-state index is 0.470. The molecule has 86 valence electrons. The number of rotatable bonds is 2. The molecule has 0 aliphatic heterocycles. The summed E-state index contributed by atoms with van der Waals surface area (Å²) in [5.41, 5.74) is 4.28. The van der Waals surface area contributed by atoms with Crippen LogP contribution in [0.5, 0.6) is 0 Å². The van der Waals surface area contributed by atoms with Gasteiger partial charge in [-0.25, -0.2) is 4.98 Å². The van der Waals surface area contributed by atoms with Gasteiger partial charge in [0, 0.05) is 11.8 Å². The monoisotopic (exact) mass is 244 g/mol. The summed E-state index contributed by atoms with van der Waals surface area (Å²) in [6.07, 6.45) is 1.13. The van der Waals surface area contributed by atoms with E-state index >= 15 is 0 Å². The van der Waals surface area contributed by atoms with Gasteiger partial charge in [-0.05, 0) is 43.0 Å². The Morgan fingerprint density at radius 1 is 1.35 bits per heavy atom. The van der Waals surface area contributed by atoms with Crippen molar-refractivity contribution in [3.05, 3.63) is 40.0 Å². The highest BCUT2D eigenvalue weighted by Gasteiger charge is 2.07. The number of halogens is 1. The number of nitrogens with zero attached hydrogens (tertiary/aromatic N) is 2. The van der Waals surface area contributed by atoms with Crippen molar-refractivity contribution >= 4 is 22.5 Å². The Balaban J connectivity index is 2.59. The largest absolute Gasteiger partial charge is 0.236 e. The predicted octanol–water partition coefficient (Wildman–Crippen LogP) is 3.96. The normalized spacial score (nSPS) is 10.5. The summed E-state index contributed by atoms with van der Waals surface area (Å²) < 4.78 is 0.